The molecule has 0 radical (unpaired) electrons. The highest BCUT2D eigenvalue weighted by atomic mass is 35.5. The minimum atomic E-state index is 0.746. The van der Waals surface area contributed by atoms with Crippen LogP contribution in [-0.2, 0) is 19.5 Å². The lowest BCUT2D eigenvalue weighted by atomic mass is 10.0. The summed E-state index contributed by atoms with van der Waals surface area (Å²) in [6, 6.07) is 18.5. The molecule has 1 aliphatic heterocycles. The first-order chi connectivity index (χ1) is 11.3. The summed E-state index contributed by atoms with van der Waals surface area (Å²) in [6.45, 7) is 2.95. The topological polar surface area (TPSA) is 31.9 Å². The molecular formula is C19H18ClN3. The molecule has 0 amide bonds. The SMILES string of the molecule is Clc1cccc(-c2n[nH]c3c2CN(Cc2ccccc2)CC3)c1. The molecule has 0 fully saturated rings. The van der Waals surface area contributed by atoms with E-state index in [0.29, 0.717) is 0 Å². The number of H-pyrrole nitrogens is 1. The van der Waals surface area contributed by atoms with Crippen molar-refractivity contribution in [3.05, 3.63) is 76.4 Å². The average molecular weight is 324 g/mol. The molecule has 0 spiro atoms. The maximum atomic E-state index is 6.13. The van der Waals surface area contributed by atoms with Gasteiger partial charge in [-0.25, -0.2) is 0 Å². The van der Waals surface area contributed by atoms with Gasteiger partial charge in [-0.2, -0.15) is 5.10 Å². The maximum absolute atomic E-state index is 6.13. The average Bonchev–Trinajstić information content (AvgIpc) is 2.99. The number of fused-ring (bicyclic) bond motifs is 1. The fourth-order valence-electron chi connectivity index (χ4n) is 3.20. The second-order valence-corrected chi connectivity index (χ2v) is 6.42. The number of benzene rings is 2. The van der Waals surface area contributed by atoms with Crippen LogP contribution in [0.1, 0.15) is 16.8 Å². The van der Waals surface area contributed by atoms with Crippen LogP contribution in [0, 0.1) is 0 Å². The Balaban J connectivity index is 1.60. The van der Waals surface area contributed by atoms with Gasteiger partial charge in [0.05, 0.1) is 5.69 Å². The van der Waals surface area contributed by atoms with E-state index in [2.05, 4.69) is 51.5 Å². The molecular weight excluding hydrogens is 306 g/mol. The number of aromatic nitrogens is 2. The van der Waals surface area contributed by atoms with E-state index < -0.39 is 0 Å². The summed E-state index contributed by atoms with van der Waals surface area (Å²) in [5.41, 5.74) is 6.01. The van der Waals surface area contributed by atoms with Crippen molar-refractivity contribution < 1.29 is 0 Å². The predicted octanol–water partition coefficient (Wildman–Crippen LogP) is 4.29. The summed E-state index contributed by atoms with van der Waals surface area (Å²) < 4.78 is 0. The van der Waals surface area contributed by atoms with Crippen LogP contribution in [0.15, 0.2) is 54.6 Å². The largest absolute Gasteiger partial charge is 0.294 e. The molecule has 0 saturated heterocycles. The number of nitrogens with zero attached hydrogens (tertiary/aromatic N) is 2. The molecule has 1 aromatic heterocycles. The Kier molecular flexibility index (Phi) is 3.90. The van der Waals surface area contributed by atoms with Crippen LogP contribution in [-0.4, -0.2) is 21.6 Å². The van der Waals surface area contributed by atoms with Gasteiger partial charge in [0.1, 0.15) is 0 Å². The second-order valence-electron chi connectivity index (χ2n) is 5.99. The predicted molar refractivity (Wildman–Crippen MR) is 93.3 cm³/mol. The summed E-state index contributed by atoms with van der Waals surface area (Å²) in [6.07, 6.45) is 1.01. The minimum Gasteiger partial charge on any atom is -0.294 e. The van der Waals surface area contributed by atoms with Crippen molar-refractivity contribution in [2.24, 2.45) is 0 Å². The Hall–Kier alpha value is -2.10. The zero-order valence-electron chi connectivity index (χ0n) is 12.8. The lowest BCUT2D eigenvalue weighted by Crippen LogP contribution is -2.29. The van der Waals surface area contributed by atoms with Gasteiger partial charge in [-0.1, -0.05) is 54.1 Å². The molecule has 0 atom stereocenters. The molecule has 2 heterocycles. The normalized spacial score (nSPS) is 14.7. The molecule has 0 saturated carbocycles. The molecule has 3 aromatic rings. The van der Waals surface area contributed by atoms with Crippen molar-refractivity contribution in [2.75, 3.05) is 6.54 Å². The number of hydrogen-bond acceptors (Lipinski definition) is 2. The molecule has 116 valence electrons. The van der Waals surface area contributed by atoms with Gasteiger partial charge in [0.25, 0.3) is 0 Å². The van der Waals surface area contributed by atoms with Crippen LogP contribution in [0.25, 0.3) is 11.3 Å². The van der Waals surface area contributed by atoms with E-state index in [-0.39, 0.29) is 0 Å². The second kappa shape index (κ2) is 6.19. The van der Waals surface area contributed by atoms with E-state index in [4.69, 9.17) is 11.6 Å². The summed E-state index contributed by atoms with van der Waals surface area (Å²) >= 11 is 6.13. The number of hydrogen-bond donors (Lipinski definition) is 1. The third kappa shape index (κ3) is 3.03. The van der Waals surface area contributed by atoms with Crippen molar-refractivity contribution in [2.45, 2.75) is 19.5 Å². The van der Waals surface area contributed by atoms with E-state index in [9.17, 15) is 0 Å². The summed E-state index contributed by atoms with van der Waals surface area (Å²) in [5.74, 6) is 0. The van der Waals surface area contributed by atoms with Crippen LogP contribution >= 0.6 is 11.6 Å². The van der Waals surface area contributed by atoms with Crippen LogP contribution in [0.4, 0.5) is 0 Å². The van der Waals surface area contributed by atoms with Gasteiger partial charge in [-0.3, -0.25) is 10.00 Å². The molecule has 23 heavy (non-hydrogen) atoms. The van der Waals surface area contributed by atoms with Gasteiger partial charge < -0.3 is 0 Å². The van der Waals surface area contributed by atoms with Crippen LogP contribution in [0.5, 0.6) is 0 Å². The van der Waals surface area contributed by atoms with Crippen molar-refractivity contribution >= 4 is 11.6 Å². The van der Waals surface area contributed by atoms with E-state index in [0.717, 1.165) is 42.3 Å². The first kappa shape index (κ1) is 14.5. The van der Waals surface area contributed by atoms with Gasteiger partial charge in [0.15, 0.2) is 0 Å². The van der Waals surface area contributed by atoms with E-state index in [1.807, 2.05) is 18.2 Å². The molecule has 4 heteroatoms. The summed E-state index contributed by atoms with van der Waals surface area (Å²) in [5, 5.41) is 8.50. The highest BCUT2D eigenvalue weighted by molar-refractivity contribution is 6.30. The number of nitrogens with one attached hydrogen (secondary N) is 1. The Morgan fingerprint density at radius 1 is 1.09 bits per heavy atom. The standard InChI is InChI=1S/C19H18ClN3/c20-16-8-4-7-15(11-16)19-17-13-23(10-9-18(17)21-22-19)12-14-5-2-1-3-6-14/h1-8,11H,9-10,12-13H2,(H,21,22). The quantitative estimate of drug-likeness (QED) is 0.779. The Morgan fingerprint density at radius 3 is 2.78 bits per heavy atom. The molecule has 0 unspecified atom stereocenters. The summed E-state index contributed by atoms with van der Waals surface area (Å²) in [7, 11) is 0. The Morgan fingerprint density at radius 2 is 1.96 bits per heavy atom. The zero-order chi connectivity index (χ0) is 15.6. The van der Waals surface area contributed by atoms with Gasteiger partial charge in [0.2, 0.25) is 0 Å². The fraction of sp³-hybridized carbons (Fsp3) is 0.211. The van der Waals surface area contributed by atoms with Crippen LogP contribution < -0.4 is 0 Å². The van der Waals surface area contributed by atoms with Crippen LogP contribution in [0.2, 0.25) is 5.02 Å². The Labute approximate surface area is 140 Å². The first-order valence-corrected chi connectivity index (χ1v) is 8.26. The first-order valence-electron chi connectivity index (χ1n) is 7.88. The third-order valence-corrected chi connectivity index (χ3v) is 4.59. The summed E-state index contributed by atoms with van der Waals surface area (Å²) in [4.78, 5) is 2.47. The highest BCUT2D eigenvalue weighted by Gasteiger charge is 2.22. The number of rotatable bonds is 3. The van der Waals surface area contributed by atoms with Crippen molar-refractivity contribution in [3.63, 3.8) is 0 Å². The molecule has 2 aromatic carbocycles. The van der Waals surface area contributed by atoms with Crippen molar-refractivity contribution in [1.29, 1.82) is 0 Å². The molecule has 1 N–H and O–H groups in total. The molecule has 0 aliphatic carbocycles. The van der Waals surface area contributed by atoms with Gasteiger partial charge in [-0.05, 0) is 17.7 Å². The lowest BCUT2D eigenvalue weighted by molar-refractivity contribution is 0.245. The molecule has 4 rings (SSSR count). The lowest BCUT2D eigenvalue weighted by Gasteiger charge is -2.27. The maximum Gasteiger partial charge on any atom is 0.0969 e. The van der Waals surface area contributed by atoms with E-state index in [1.165, 1.54) is 16.8 Å². The zero-order valence-corrected chi connectivity index (χ0v) is 13.6. The fourth-order valence-corrected chi connectivity index (χ4v) is 3.39. The number of aromatic amines is 1. The monoisotopic (exact) mass is 323 g/mol. The van der Waals surface area contributed by atoms with Crippen LogP contribution in [0.3, 0.4) is 0 Å². The third-order valence-electron chi connectivity index (χ3n) is 4.36. The molecule has 3 nitrogen and oxygen atoms in total. The van der Waals surface area contributed by atoms with Crippen molar-refractivity contribution in [3.8, 4) is 11.3 Å². The van der Waals surface area contributed by atoms with Crippen molar-refractivity contribution in [1.82, 2.24) is 15.1 Å². The van der Waals surface area contributed by atoms with E-state index in [1.54, 1.807) is 0 Å². The number of halogens is 1. The Bertz CT molecular complexity index is 810. The molecule has 1 aliphatic rings. The molecule has 0 bridgehead atoms. The van der Waals surface area contributed by atoms with Gasteiger partial charge >= 0.3 is 0 Å². The van der Waals surface area contributed by atoms with Gasteiger partial charge in [0, 0.05) is 47.9 Å². The van der Waals surface area contributed by atoms with Gasteiger partial charge in [-0.15, -0.1) is 0 Å². The van der Waals surface area contributed by atoms with E-state index >= 15 is 0 Å². The minimum absolute atomic E-state index is 0.746. The smallest absolute Gasteiger partial charge is 0.0969 e. The highest BCUT2D eigenvalue weighted by Crippen LogP contribution is 2.30.